The van der Waals surface area contributed by atoms with Crippen molar-refractivity contribution in [1.29, 1.82) is 0 Å². The maximum absolute atomic E-state index is 11.3. The predicted molar refractivity (Wildman–Crippen MR) is 71.8 cm³/mol. The van der Waals surface area contributed by atoms with Gasteiger partial charge in [0.15, 0.2) is 0 Å². The molecule has 0 atom stereocenters. The molecule has 4 nitrogen and oxygen atoms in total. The summed E-state index contributed by atoms with van der Waals surface area (Å²) in [5.74, 6) is 0.950. The normalized spacial score (nSPS) is 10.1. The van der Waals surface area contributed by atoms with Crippen LogP contribution in [0.3, 0.4) is 0 Å². The maximum atomic E-state index is 11.3. The molecule has 16 heavy (non-hydrogen) atoms. The highest BCUT2D eigenvalue weighted by Crippen LogP contribution is 2.23. The van der Waals surface area contributed by atoms with Crippen LogP contribution in [0.2, 0.25) is 0 Å². The topological polar surface area (TPSA) is 55.0 Å². The molecule has 0 bridgehead atoms. The number of halogens is 2. The zero-order valence-electron chi connectivity index (χ0n) is 7.91. The third-order valence-electron chi connectivity index (χ3n) is 1.79. The van der Waals surface area contributed by atoms with Crippen molar-refractivity contribution in [3.8, 4) is 11.6 Å². The fraction of sp³-hybridized carbons (Fsp3) is 0. The number of nitrogens with one attached hydrogen (secondary N) is 1. The molecule has 0 amide bonds. The third-order valence-corrected chi connectivity index (χ3v) is 3.27. The zero-order chi connectivity index (χ0) is 11.5. The van der Waals surface area contributed by atoms with Crippen LogP contribution in [0.5, 0.6) is 11.6 Å². The minimum absolute atomic E-state index is 0.206. The second-order valence-corrected chi connectivity index (χ2v) is 4.90. The van der Waals surface area contributed by atoms with Crippen LogP contribution in [0.15, 0.2) is 39.9 Å². The second kappa shape index (κ2) is 4.96. The Morgan fingerprint density at radius 1 is 1.31 bits per heavy atom. The molecule has 0 fully saturated rings. The van der Waals surface area contributed by atoms with Crippen LogP contribution in [0.25, 0.3) is 0 Å². The van der Waals surface area contributed by atoms with Crippen molar-refractivity contribution in [1.82, 2.24) is 9.97 Å². The number of aromatic amines is 1. The number of hydrogen-bond acceptors (Lipinski definition) is 3. The highest BCUT2D eigenvalue weighted by molar-refractivity contribution is 14.1. The van der Waals surface area contributed by atoms with Gasteiger partial charge in [-0.2, -0.15) is 0 Å². The van der Waals surface area contributed by atoms with Crippen molar-refractivity contribution in [2.45, 2.75) is 0 Å². The van der Waals surface area contributed by atoms with Crippen molar-refractivity contribution >= 4 is 38.5 Å². The van der Waals surface area contributed by atoms with Gasteiger partial charge in [0.2, 0.25) is 5.88 Å². The van der Waals surface area contributed by atoms with Crippen molar-refractivity contribution in [2.24, 2.45) is 0 Å². The van der Waals surface area contributed by atoms with Gasteiger partial charge in [-0.1, -0.05) is 15.9 Å². The Morgan fingerprint density at radius 2 is 2.00 bits per heavy atom. The van der Waals surface area contributed by atoms with Gasteiger partial charge in [0.25, 0.3) is 5.56 Å². The monoisotopic (exact) mass is 392 g/mol. The van der Waals surface area contributed by atoms with E-state index in [2.05, 4.69) is 25.9 Å². The van der Waals surface area contributed by atoms with Crippen molar-refractivity contribution in [2.75, 3.05) is 0 Å². The van der Waals surface area contributed by atoms with Crippen LogP contribution in [-0.4, -0.2) is 9.97 Å². The van der Waals surface area contributed by atoms with Gasteiger partial charge in [0.1, 0.15) is 9.32 Å². The fourth-order valence-electron chi connectivity index (χ4n) is 1.05. The Morgan fingerprint density at radius 3 is 2.69 bits per heavy atom. The van der Waals surface area contributed by atoms with E-state index in [9.17, 15) is 4.79 Å². The van der Waals surface area contributed by atoms with E-state index in [1.54, 1.807) is 12.1 Å². The molecule has 0 radical (unpaired) electrons. The van der Waals surface area contributed by atoms with Crippen LogP contribution in [0, 0.1) is 3.57 Å². The zero-order valence-corrected chi connectivity index (χ0v) is 11.6. The summed E-state index contributed by atoms with van der Waals surface area (Å²) in [6.45, 7) is 0. The molecule has 1 aromatic heterocycles. The summed E-state index contributed by atoms with van der Waals surface area (Å²) in [6.07, 6.45) is 1.32. The first-order valence-corrected chi connectivity index (χ1v) is 6.20. The highest BCUT2D eigenvalue weighted by Gasteiger charge is 2.07. The molecule has 82 valence electrons. The summed E-state index contributed by atoms with van der Waals surface area (Å²) >= 11 is 5.23. The van der Waals surface area contributed by atoms with E-state index < -0.39 is 0 Å². The van der Waals surface area contributed by atoms with Gasteiger partial charge < -0.3 is 9.72 Å². The summed E-state index contributed by atoms with van der Waals surface area (Å²) in [6, 6.07) is 7.30. The SMILES string of the molecule is O=c1[nH]cnc(Oc2ccc(Br)cc2)c1I. The van der Waals surface area contributed by atoms with Gasteiger partial charge in [-0.15, -0.1) is 0 Å². The third kappa shape index (κ3) is 2.62. The molecule has 0 saturated carbocycles. The minimum Gasteiger partial charge on any atom is -0.438 e. The van der Waals surface area contributed by atoms with Crippen molar-refractivity contribution < 1.29 is 4.74 Å². The number of hydrogen-bond donors (Lipinski definition) is 1. The molecule has 1 N–H and O–H groups in total. The first-order valence-electron chi connectivity index (χ1n) is 4.33. The molecule has 0 unspecified atom stereocenters. The molecular formula is C10H6BrIN2O2. The lowest BCUT2D eigenvalue weighted by molar-refractivity contribution is 0.456. The Kier molecular flexibility index (Phi) is 3.59. The van der Waals surface area contributed by atoms with Gasteiger partial charge in [-0.05, 0) is 46.9 Å². The van der Waals surface area contributed by atoms with Crippen LogP contribution < -0.4 is 10.3 Å². The molecular weight excluding hydrogens is 387 g/mol. The standard InChI is InChI=1S/C10H6BrIN2O2/c11-6-1-3-7(4-2-6)16-10-8(12)9(15)13-5-14-10/h1-5H,(H,13,14,15). The average Bonchev–Trinajstić information content (AvgIpc) is 2.28. The van der Waals surface area contributed by atoms with Crippen LogP contribution in [-0.2, 0) is 0 Å². The molecule has 2 aromatic rings. The Hall–Kier alpha value is -0.890. The highest BCUT2D eigenvalue weighted by atomic mass is 127. The van der Waals surface area contributed by atoms with Crippen LogP contribution >= 0.6 is 38.5 Å². The van der Waals surface area contributed by atoms with E-state index in [0.29, 0.717) is 15.2 Å². The Balaban J connectivity index is 2.30. The summed E-state index contributed by atoms with van der Waals surface area (Å²) in [7, 11) is 0. The van der Waals surface area contributed by atoms with E-state index in [1.807, 2.05) is 34.7 Å². The fourth-order valence-corrected chi connectivity index (χ4v) is 1.72. The van der Waals surface area contributed by atoms with Gasteiger partial charge >= 0.3 is 0 Å². The number of rotatable bonds is 2. The lowest BCUT2D eigenvalue weighted by Crippen LogP contribution is -2.11. The van der Waals surface area contributed by atoms with Crippen LogP contribution in [0.1, 0.15) is 0 Å². The van der Waals surface area contributed by atoms with E-state index in [1.165, 1.54) is 6.33 Å². The van der Waals surface area contributed by atoms with E-state index in [-0.39, 0.29) is 5.56 Å². The molecule has 1 aromatic carbocycles. The lowest BCUT2D eigenvalue weighted by Gasteiger charge is -2.05. The molecule has 0 spiro atoms. The number of aromatic nitrogens is 2. The minimum atomic E-state index is -0.206. The summed E-state index contributed by atoms with van der Waals surface area (Å²) in [5.41, 5.74) is -0.206. The predicted octanol–water partition coefficient (Wildman–Crippen LogP) is 2.93. The smallest absolute Gasteiger partial charge is 0.268 e. The summed E-state index contributed by atoms with van der Waals surface area (Å²) < 4.78 is 6.88. The first kappa shape index (κ1) is 11.6. The first-order chi connectivity index (χ1) is 7.66. The van der Waals surface area contributed by atoms with Crippen molar-refractivity contribution in [3.05, 3.63) is 49.0 Å². The lowest BCUT2D eigenvalue weighted by atomic mass is 10.3. The number of benzene rings is 1. The molecule has 2 rings (SSSR count). The number of nitrogens with zero attached hydrogens (tertiary/aromatic N) is 1. The van der Waals surface area contributed by atoms with E-state index in [4.69, 9.17) is 4.74 Å². The molecule has 0 saturated heterocycles. The molecule has 0 aliphatic rings. The van der Waals surface area contributed by atoms with Gasteiger partial charge in [-0.25, -0.2) is 4.98 Å². The van der Waals surface area contributed by atoms with Gasteiger partial charge in [0.05, 0.1) is 6.33 Å². The molecule has 0 aliphatic heterocycles. The second-order valence-electron chi connectivity index (χ2n) is 2.91. The van der Waals surface area contributed by atoms with Gasteiger partial charge in [-0.3, -0.25) is 4.79 Å². The van der Waals surface area contributed by atoms with E-state index >= 15 is 0 Å². The summed E-state index contributed by atoms with van der Waals surface area (Å²) in [5, 5.41) is 0. The quantitative estimate of drug-likeness (QED) is 0.799. The Bertz CT molecular complexity index is 553. The number of ether oxygens (including phenoxy) is 1. The van der Waals surface area contributed by atoms with Crippen LogP contribution in [0.4, 0.5) is 0 Å². The van der Waals surface area contributed by atoms with Gasteiger partial charge in [0, 0.05) is 4.47 Å². The van der Waals surface area contributed by atoms with E-state index in [0.717, 1.165) is 4.47 Å². The molecule has 0 aliphatic carbocycles. The Labute approximate surface area is 113 Å². The largest absolute Gasteiger partial charge is 0.438 e. The molecule has 1 heterocycles. The maximum Gasteiger partial charge on any atom is 0.268 e. The number of H-pyrrole nitrogens is 1. The summed E-state index contributed by atoms with van der Waals surface area (Å²) in [4.78, 5) is 17.7. The average molecular weight is 393 g/mol. The van der Waals surface area contributed by atoms with Crippen molar-refractivity contribution in [3.63, 3.8) is 0 Å². The molecule has 6 heteroatoms.